The number of para-hydroxylation sites is 1. The van der Waals surface area contributed by atoms with Gasteiger partial charge in [0.05, 0.1) is 0 Å². The van der Waals surface area contributed by atoms with E-state index in [1.54, 1.807) is 6.33 Å². The van der Waals surface area contributed by atoms with Crippen LogP contribution in [-0.2, 0) is 19.7 Å². The van der Waals surface area contributed by atoms with Gasteiger partial charge in [-0.2, -0.15) is 5.10 Å². The van der Waals surface area contributed by atoms with Crippen LogP contribution >= 0.6 is 0 Å². The van der Waals surface area contributed by atoms with Crippen molar-refractivity contribution in [3.63, 3.8) is 0 Å². The van der Waals surface area contributed by atoms with E-state index in [4.69, 9.17) is 4.74 Å². The van der Waals surface area contributed by atoms with Crippen molar-refractivity contribution >= 4 is 0 Å². The predicted octanol–water partition coefficient (Wildman–Crippen LogP) is 2.77. The molecule has 0 aliphatic rings. The maximum absolute atomic E-state index is 5.93. The van der Waals surface area contributed by atoms with Gasteiger partial charge in [0, 0.05) is 24.2 Å². The van der Waals surface area contributed by atoms with Gasteiger partial charge in [0.1, 0.15) is 18.7 Å². The zero-order chi connectivity index (χ0) is 15.3. The summed E-state index contributed by atoms with van der Waals surface area (Å²) in [5, 5.41) is 7.63. The van der Waals surface area contributed by atoms with Crippen molar-refractivity contribution < 1.29 is 4.74 Å². The summed E-state index contributed by atoms with van der Waals surface area (Å²) in [6, 6.07) is 8.09. The molecule has 0 aliphatic heterocycles. The quantitative estimate of drug-likeness (QED) is 0.888. The monoisotopic (exact) mass is 288 g/mol. The second-order valence-corrected chi connectivity index (χ2v) is 5.99. The standard InChI is InChI=1S/C16H24N4O/c1-5-20-15(17-12-19-20)11-21-14-9-7-6-8-13(14)10-18-16(2,3)4/h6-9,12,18H,5,10-11H2,1-4H3. The van der Waals surface area contributed by atoms with Crippen LogP contribution < -0.4 is 10.1 Å². The van der Waals surface area contributed by atoms with Gasteiger partial charge >= 0.3 is 0 Å². The Morgan fingerprint density at radius 2 is 2.00 bits per heavy atom. The van der Waals surface area contributed by atoms with Gasteiger partial charge in [0.2, 0.25) is 0 Å². The summed E-state index contributed by atoms with van der Waals surface area (Å²) >= 11 is 0. The zero-order valence-corrected chi connectivity index (χ0v) is 13.3. The van der Waals surface area contributed by atoms with Crippen LogP contribution in [0, 0.1) is 0 Å². The van der Waals surface area contributed by atoms with Gasteiger partial charge in [0.25, 0.3) is 0 Å². The first-order valence-corrected chi connectivity index (χ1v) is 7.32. The molecule has 0 amide bonds. The Morgan fingerprint density at radius 3 is 2.71 bits per heavy atom. The summed E-state index contributed by atoms with van der Waals surface area (Å²) in [5.74, 6) is 1.73. The highest BCUT2D eigenvalue weighted by Gasteiger charge is 2.11. The van der Waals surface area contributed by atoms with E-state index in [0.717, 1.165) is 30.2 Å². The predicted molar refractivity (Wildman–Crippen MR) is 83.1 cm³/mol. The number of hydrogen-bond donors (Lipinski definition) is 1. The molecule has 0 spiro atoms. The van der Waals surface area contributed by atoms with Crippen LogP contribution in [-0.4, -0.2) is 20.3 Å². The average molecular weight is 288 g/mol. The first-order valence-electron chi connectivity index (χ1n) is 7.32. The molecule has 114 valence electrons. The second-order valence-electron chi connectivity index (χ2n) is 5.99. The third-order valence-corrected chi connectivity index (χ3v) is 3.13. The van der Waals surface area contributed by atoms with Gasteiger partial charge < -0.3 is 10.1 Å². The number of benzene rings is 1. The highest BCUT2D eigenvalue weighted by Crippen LogP contribution is 2.19. The molecule has 0 radical (unpaired) electrons. The third-order valence-electron chi connectivity index (χ3n) is 3.13. The molecule has 1 aromatic heterocycles. The summed E-state index contributed by atoms with van der Waals surface area (Å²) in [7, 11) is 0. The largest absolute Gasteiger partial charge is 0.485 e. The number of nitrogens with one attached hydrogen (secondary N) is 1. The van der Waals surface area contributed by atoms with Crippen molar-refractivity contribution in [1.29, 1.82) is 0 Å². The Hall–Kier alpha value is -1.88. The van der Waals surface area contributed by atoms with Crippen LogP contribution in [0.25, 0.3) is 0 Å². The molecule has 1 N–H and O–H groups in total. The van der Waals surface area contributed by atoms with E-state index in [0.29, 0.717) is 6.61 Å². The van der Waals surface area contributed by atoms with Crippen molar-refractivity contribution in [3.8, 4) is 5.75 Å². The van der Waals surface area contributed by atoms with E-state index in [-0.39, 0.29) is 5.54 Å². The molecular weight excluding hydrogens is 264 g/mol. The Labute approximate surface area is 126 Å². The summed E-state index contributed by atoms with van der Waals surface area (Å²) in [5.41, 5.74) is 1.23. The van der Waals surface area contributed by atoms with Gasteiger partial charge in [-0.25, -0.2) is 9.67 Å². The Balaban J connectivity index is 2.03. The first kappa shape index (κ1) is 15.5. The van der Waals surface area contributed by atoms with Crippen molar-refractivity contribution in [1.82, 2.24) is 20.1 Å². The summed E-state index contributed by atoms with van der Waals surface area (Å²) in [6.07, 6.45) is 1.56. The SMILES string of the molecule is CCn1ncnc1COc1ccccc1CNC(C)(C)C. The molecule has 0 atom stereocenters. The van der Waals surface area contributed by atoms with E-state index < -0.39 is 0 Å². The number of rotatable bonds is 6. The van der Waals surface area contributed by atoms with Crippen LogP contribution in [0.3, 0.4) is 0 Å². The number of aryl methyl sites for hydroxylation is 1. The molecule has 1 aromatic carbocycles. The lowest BCUT2D eigenvalue weighted by Gasteiger charge is -2.21. The second kappa shape index (κ2) is 6.72. The fourth-order valence-electron chi connectivity index (χ4n) is 1.96. The maximum atomic E-state index is 5.93. The van der Waals surface area contributed by atoms with Crippen LogP contribution in [0.2, 0.25) is 0 Å². The molecule has 21 heavy (non-hydrogen) atoms. The molecule has 0 aliphatic carbocycles. The first-order chi connectivity index (χ1) is 9.99. The molecule has 1 heterocycles. The Morgan fingerprint density at radius 1 is 1.24 bits per heavy atom. The highest BCUT2D eigenvalue weighted by molar-refractivity contribution is 5.33. The van der Waals surface area contributed by atoms with E-state index in [1.165, 1.54) is 0 Å². The number of nitrogens with zero attached hydrogens (tertiary/aromatic N) is 3. The molecule has 5 nitrogen and oxygen atoms in total. The molecule has 0 saturated heterocycles. The topological polar surface area (TPSA) is 52.0 Å². The number of aromatic nitrogens is 3. The van der Waals surface area contributed by atoms with E-state index in [1.807, 2.05) is 29.8 Å². The molecule has 0 bridgehead atoms. The summed E-state index contributed by atoms with van der Waals surface area (Å²) in [4.78, 5) is 4.23. The highest BCUT2D eigenvalue weighted by atomic mass is 16.5. The van der Waals surface area contributed by atoms with E-state index in [2.05, 4.69) is 42.2 Å². The van der Waals surface area contributed by atoms with Crippen molar-refractivity contribution in [2.24, 2.45) is 0 Å². The molecule has 0 fully saturated rings. The third kappa shape index (κ3) is 4.56. The van der Waals surface area contributed by atoms with Gasteiger partial charge in [-0.15, -0.1) is 0 Å². The summed E-state index contributed by atoms with van der Waals surface area (Å²) in [6.45, 7) is 10.5. The van der Waals surface area contributed by atoms with Gasteiger partial charge in [-0.1, -0.05) is 18.2 Å². The Kier molecular flexibility index (Phi) is 4.96. The van der Waals surface area contributed by atoms with E-state index >= 15 is 0 Å². The minimum absolute atomic E-state index is 0.0789. The van der Waals surface area contributed by atoms with E-state index in [9.17, 15) is 0 Å². The lowest BCUT2D eigenvalue weighted by atomic mass is 10.1. The van der Waals surface area contributed by atoms with Crippen molar-refractivity contribution in [2.75, 3.05) is 0 Å². The lowest BCUT2D eigenvalue weighted by Crippen LogP contribution is -2.35. The van der Waals surface area contributed by atoms with Crippen LogP contribution in [0.5, 0.6) is 5.75 Å². The normalized spacial score (nSPS) is 11.6. The van der Waals surface area contributed by atoms with Crippen molar-refractivity contribution in [2.45, 2.75) is 52.9 Å². The van der Waals surface area contributed by atoms with Crippen LogP contribution in [0.1, 0.15) is 39.1 Å². The fourth-order valence-corrected chi connectivity index (χ4v) is 1.96. The van der Waals surface area contributed by atoms with Crippen LogP contribution in [0.15, 0.2) is 30.6 Å². The molecule has 0 unspecified atom stereocenters. The average Bonchev–Trinajstić information content (AvgIpc) is 2.90. The van der Waals surface area contributed by atoms with Crippen molar-refractivity contribution in [3.05, 3.63) is 42.0 Å². The molecule has 2 aromatic rings. The fraction of sp³-hybridized carbons (Fsp3) is 0.500. The Bertz CT molecular complexity index is 572. The van der Waals surface area contributed by atoms with Gasteiger partial charge in [0.15, 0.2) is 5.82 Å². The van der Waals surface area contributed by atoms with Gasteiger partial charge in [-0.05, 0) is 33.8 Å². The summed E-state index contributed by atoms with van der Waals surface area (Å²) < 4.78 is 7.77. The molecular formula is C16H24N4O. The molecule has 5 heteroatoms. The minimum atomic E-state index is 0.0789. The maximum Gasteiger partial charge on any atom is 0.164 e. The van der Waals surface area contributed by atoms with Crippen LogP contribution in [0.4, 0.5) is 0 Å². The van der Waals surface area contributed by atoms with Gasteiger partial charge in [-0.3, -0.25) is 0 Å². The number of hydrogen-bond acceptors (Lipinski definition) is 4. The lowest BCUT2D eigenvalue weighted by molar-refractivity contribution is 0.282. The molecule has 2 rings (SSSR count). The zero-order valence-electron chi connectivity index (χ0n) is 13.3. The minimum Gasteiger partial charge on any atom is -0.485 e. The molecule has 0 saturated carbocycles. The smallest absolute Gasteiger partial charge is 0.164 e. The number of ether oxygens (including phenoxy) is 1.